The molecule has 2 aromatic heterocycles. The Balaban J connectivity index is 1.46. The van der Waals surface area contributed by atoms with E-state index < -0.39 is 0 Å². The molecule has 0 radical (unpaired) electrons. The Hall–Kier alpha value is -3.19. The first kappa shape index (κ1) is 17.9. The Morgan fingerprint density at radius 3 is 2.83 bits per heavy atom. The third kappa shape index (κ3) is 3.61. The van der Waals surface area contributed by atoms with Crippen LogP contribution < -0.4 is 10.1 Å². The van der Waals surface area contributed by atoms with E-state index in [4.69, 9.17) is 9.72 Å². The van der Waals surface area contributed by atoms with Crippen LogP contribution in [0.5, 0.6) is 5.75 Å². The minimum absolute atomic E-state index is 0.108. The Morgan fingerprint density at radius 1 is 1.10 bits per heavy atom. The zero-order valence-electron chi connectivity index (χ0n) is 16.2. The van der Waals surface area contributed by atoms with E-state index in [1.54, 1.807) is 6.33 Å². The number of anilines is 2. The number of aliphatic hydroxyl groups is 1. The van der Waals surface area contributed by atoms with Gasteiger partial charge in [0.1, 0.15) is 11.3 Å². The standard InChI is InChI=1S/C22H23N5O2/c1-13-2-3-14-11-23-22(26-15-4-9-18-19(10-15)25-12-24-18)27-20(14)21(13)29-17-7-5-16(28)6-8-17/h2-4,9-12,16-17,28H,5-8H2,1H3,(H,24,25)(H,23,26,27)/t16-,17+. The summed E-state index contributed by atoms with van der Waals surface area (Å²) in [4.78, 5) is 16.6. The molecule has 0 atom stereocenters. The summed E-state index contributed by atoms with van der Waals surface area (Å²) in [5.41, 5.74) is 4.61. The summed E-state index contributed by atoms with van der Waals surface area (Å²) < 4.78 is 6.36. The number of aromatic nitrogens is 4. The van der Waals surface area contributed by atoms with Crippen LogP contribution in [0.4, 0.5) is 11.6 Å². The lowest BCUT2D eigenvalue weighted by molar-refractivity contribution is 0.0669. The SMILES string of the molecule is Cc1ccc2cnc(Nc3ccc4nc[nH]c4c3)nc2c1O[C@H]1CC[C@@H](O)CC1. The molecule has 0 spiro atoms. The van der Waals surface area contributed by atoms with Crippen LogP contribution in [0.15, 0.2) is 42.9 Å². The van der Waals surface area contributed by atoms with Crippen molar-refractivity contribution in [2.75, 3.05) is 5.32 Å². The number of benzene rings is 2. The van der Waals surface area contributed by atoms with Crippen molar-refractivity contribution in [3.63, 3.8) is 0 Å². The van der Waals surface area contributed by atoms with Crippen molar-refractivity contribution in [2.45, 2.75) is 44.8 Å². The van der Waals surface area contributed by atoms with Gasteiger partial charge in [0.25, 0.3) is 0 Å². The van der Waals surface area contributed by atoms with Gasteiger partial charge in [-0.1, -0.05) is 12.1 Å². The van der Waals surface area contributed by atoms with E-state index in [1.165, 1.54) is 0 Å². The van der Waals surface area contributed by atoms with Gasteiger partial charge in [0, 0.05) is 17.3 Å². The minimum Gasteiger partial charge on any atom is -0.488 e. The van der Waals surface area contributed by atoms with Crippen molar-refractivity contribution in [1.29, 1.82) is 0 Å². The maximum Gasteiger partial charge on any atom is 0.227 e. The van der Waals surface area contributed by atoms with E-state index in [-0.39, 0.29) is 12.2 Å². The molecule has 0 saturated heterocycles. The zero-order valence-corrected chi connectivity index (χ0v) is 16.2. The van der Waals surface area contributed by atoms with E-state index in [2.05, 4.69) is 20.3 Å². The topological polar surface area (TPSA) is 96.0 Å². The van der Waals surface area contributed by atoms with Crippen LogP contribution in [-0.4, -0.2) is 37.3 Å². The summed E-state index contributed by atoms with van der Waals surface area (Å²) in [5.74, 6) is 1.32. The van der Waals surface area contributed by atoms with E-state index in [0.717, 1.165) is 64.6 Å². The van der Waals surface area contributed by atoms with E-state index >= 15 is 0 Å². The molecule has 0 amide bonds. The largest absolute Gasteiger partial charge is 0.488 e. The smallest absolute Gasteiger partial charge is 0.227 e. The zero-order chi connectivity index (χ0) is 19.8. The van der Waals surface area contributed by atoms with Crippen molar-refractivity contribution < 1.29 is 9.84 Å². The molecule has 1 saturated carbocycles. The molecule has 3 N–H and O–H groups in total. The van der Waals surface area contributed by atoms with Gasteiger partial charge < -0.3 is 20.1 Å². The Bertz CT molecular complexity index is 1160. The Kier molecular flexibility index (Phi) is 4.52. The van der Waals surface area contributed by atoms with Gasteiger partial charge in [-0.3, -0.25) is 0 Å². The highest BCUT2D eigenvalue weighted by atomic mass is 16.5. The molecule has 0 bridgehead atoms. The van der Waals surface area contributed by atoms with E-state index in [9.17, 15) is 5.11 Å². The van der Waals surface area contributed by atoms with Gasteiger partial charge in [-0.05, 0) is 56.4 Å². The predicted molar refractivity (Wildman–Crippen MR) is 113 cm³/mol. The monoisotopic (exact) mass is 389 g/mol. The fourth-order valence-corrected chi connectivity index (χ4v) is 3.85. The number of H-pyrrole nitrogens is 1. The van der Waals surface area contributed by atoms with Crippen LogP contribution in [0.1, 0.15) is 31.2 Å². The number of hydrogen-bond donors (Lipinski definition) is 3. The van der Waals surface area contributed by atoms with Crippen molar-refractivity contribution in [3.05, 3.63) is 48.4 Å². The summed E-state index contributed by atoms with van der Waals surface area (Å²) in [6, 6.07) is 9.94. The first-order valence-electron chi connectivity index (χ1n) is 9.97. The molecule has 148 valence electrons. The van der Waals surface area contributed by atoms with Crippen LogP contribution in [0, 0.1) is 6.92 Å². The molecule has 1 aliphatic rings. The summed E-state index contributed by atoms with van der Waals surface area (Å²) in [5, 5.41) is 14.0. The van der Waals surface area contributed by atoms with Crippen molar-refractivity contribution in [3.8, 4) is 5.75 Å². The van der Waals surface area contributed by atoms with Crippen LogP contribution >= 0.6 is 0 Å². The first-order valence-corrected chi connectivity index (χ1v) is 9.97. The van der Waals surface area contributed by atoms with E-state index in [0.29, 0.717) is 5.95 Å². The molecule has 2 aromatic carbocycles. The van der Waals surface area contributed by atoms with Crippen LogP contribution in [0.2, 0.25) is 0 Å². The molecular formula is C22H23N5O2. The van der Waals surface area contributed by atoms with Gasteiger partial charge >= 0.3 is 0 Å². The van der Waals surface area contributed by atoms with Crippen molar-refractivity contribution >= 4 is 33.6 Å². The molecule has 29 heavy (non-hydrogen) atoms. The average molecular weight is 389 g/mol. The van der Waals surface area contributed by atoms with Gasteiger partial charge in [-0.15, -0.1) is 0 Å². The van der Waals surface area contributed by atoms with Gasteiger partial charge in [-0.2, -0.15) is 0 Å². The normalized spacial score (nSPS) is 19.5. The second-order valence-electron chi connectivity index (χ2n) is 7.65. The third-order valence-electron chi connectivity index (χ3n) is 5.51. The quantitative estimate of drug-likeness (QED) is 0.483. The first-order chi connectivity index (χ1) is 14.2. The molecule has 4 aromatic rings. The maximum atomic E-state index is 9.76. The van der Waals surface area contributed by atoms with Crippen LogP contribution in [-0.2, 0) is 0 Å². The predicted octanol–water partition coefficient (Wildman–Crippen LogP) is 4.24. The third-order valence-corrected chi connectivity index (χ3v) is 5.51. The molecule has 1 aliphatic carbocycles. The van der Waals surface area contributed by atoms with Gasteiger partial charge in [-0.25, -0.2) is 15.0 Å². The molecule has 0 aliphatic heterocycles. The number of fused-ring (bicyclic) bond motifs is 2. The lowest BCUT2D eigenvalue weighted by Crippen LogP contribution is -2.26. The molecule has 5 rings (SSSR count). The maximum absolute atomic E-state index is 9.76. The number of hydrogen-bond acceptors (Lipinski definition) is 6. The highest BCUT2D eigenvalue weighted by Gasteiger charge is 2.22. The van der Waals surface area contributed by atoms with Crippen molar-refractivity contribution in [2.24, 2.45) is 0 Å². The van der Waals surface area contributed by atoms with Crippen molar-refractivity contribution in [1.82, 2.24) is 19.9 Å². The number of aryl methyl sites for hydroxylation is 1. The Labute approximate surface area is 168 Å². The van der Waals surface area contributed by atoms with Crippen LogP contribution in [0.3, 0.4) is 0 Å². The fraction of sp³-hybridized carbons (Fsp3) is 0.318. The van der Waals surface area contributed by atoms with Gasteiger partial charge in [0.05, 0.1) is 29.6 Å². The molecule has 7 heteroatoms. The number of ether oxygens (including phenoxy) is 1. The number of aliphatic hydroxyl groups excluding tert-OH is 1. The second kappa shape index (κ2) is 7.33. The summed E-state index contributed by atoms with van der Waals surface area (Å²) in [7, 11) is 0. The minimum atomic E-state index is -0.200. The number of aromatic amines is 1. The number of imidazole rings is 1. The lowest BCUT2D eigenvalue weighted by atomic mass is 9.95. The van der Waals surface area contributed by atoms with Gasteiger partial charge in [0.15, 0.2) is 0 Å². The number of nitrogens with zero attached hydrogens (tertiary/aromatic N) is 3. The highest BCUT2D eigenvalue weighted by Crippen LogP contribution is 2.32. The summed E-state index contributed by atoms with van der Waals surface area (Å²) in [6.07, 6.45) is 6.69. The summed E-state index contributed by atoms with van der Waals surface area (Å²) >= 11 is 0. The summed E-state index contributed by atoms with van der Waals surface area (Å²) in [6.45, 7) is 2.04. The number of nitrogens with one attached hydrogen (secondary N) is 2. The molecule has 2 heterocycles. The second-order valence-corrected chi connectivity index (χ2v) is 7.65. The molecule has 1 fully saturated rings. The lowest BCUT2D eigenvalue weighted by Gasteiger charge is -2.27. The van der Waals surface area contributed by atoms with E-state index in [1.807, 2.05) is 43.5 Å². The van der Waals surface area contributed by atoms with Gasteiger partial charge in [0.2, 0.25) is 5.95 Å². The average Bonchev–Trinajstić information content (AvgIpc) is 3.20. The number of rotatable bonds is 4. The fourth-order valence-electron chi connectivity index (χ4n) is 3.85. The molecule has 0 unspecified atom stereocenters. The van der Waals surface area contributed by atoms with Crippen LogP contribution in [0.25, 0.3) is 21.9 Å². The Morgan fingerprint density at radius 2 is 1.97 bits per heavy atom. The highest BCUT2D eigenvalue weighted by molar-refractivity contribution is 5.86. The molecule has 7 nitrogen and oxygen atoms in total. The molecular weight excluding hydrogens is 366 g/mol.